The molecule has 1 N–H and O–H groups in total. The van der Waals surface area contributed by atoms with Gasteiger partial charge in [-0.15, -0.1) is 0 Å². The standard InChI is InChI=1S/C21H31N3O2/c1-15(2)23-10-4-5-17(13-23)12-22-21(26)18-11-20(25)24(14-18)19-8-6-16(3)7-9-19/h6-9,15,17-18H,4-5,10-14H2,1-3H3,(H,22,26)/t17-,18-/m1/s1. The number of benzene rings is 1. The molecule has 0 saturated carbocycles. The average Bonchev–Trinajstić information content (AvgIpc) is 3.02. The molecule has 0 aliphatic carbocycles. The highest BCUT2D eigenvalue weighted by atomic mass is 16.2. The molecule has 142 valence electrons. The number of likely N-dealkylation sites (tertiary alicyclic amines) is 1. The van der Waals surface area contributed by atoms with Crippen LogP contribution < -0.4 is 10.2 Å². The van der Waals surface area contributed by atoms with E-state index in [0.717, 1.165) is 30.9 Å². The summed E-state index contributed by atoms with van der Waals surface area (Å²) in [5, 5.41) is 3.11. The third-order valence-electron chi connectivity index (χ3n) is 5.69. The van der Waals surface area contributed by atoms with Crippen LogP contribution >= 0.6 is 0 Å². The van der Waals surface area contributed by atoms with Crippen molar-refractivity contribution in [2.45, 2.75) is 46.1 Å². The highest BCUT2D eigenvalue weighted by Gasteiger charge is 2.35. The van der Waals surface area contributed by atoms with Crippen LogP contribution in [0.3, 0.4) is 0 Å². The third kappa shape index (κ3) is 4.44. The molecular formula is C21H31N3O2. The molecule has 5 heteroatoms. The summed E-state index contributed by atoms with van der Waals surface area (Å²) in [4.78, 5) is 29.1. The molecule has 3 rings (SSSR count). The molecule has 2 aliphatic heterocycles. The van der Waals surface area contributed by atoms with Crippen molar-refractivity contribution < 1.29 is 9.59 Å². The minimum atomic E-state index is -0.242. The van der Waals surface area contributed by atoms with Gasteiger partial charge < -0.3 is 15.1 Å². The van der Waals surface area contributed by atoms with E-state index in [4.69, 9.17) is 0 Å². The van der Waals surface area contributed by atoms with Crippen LogP contribution in [-0.4, -0.2) is 48.9 Å². The fraction of sp³-hybridized carbons (Fsp3) is 0.619. The number of hydrogen-bond donors (Lipinski definition) is 1. The van der Waals surface area contributed by atoms with Crippen molar-refractivity contribution in [1.82, 2.24) is 10.2 Å². The molecule has 0 spiro atoms. The van der Waals surface area contributed by atoms with Gasteiger partial charge >= 0.3 is 0 Å². The lowest BCUT2D eigenvalue weighted by atomic mass is 9.96. The zero-order valence-electron chi connectivity index (χ0n) is 16.2. The summed E-state index contributed by atoms with van der Waals surface area (Å²) in [6, 6.07) is 8.47. The lowest BCUT2D eigenvalue weighted by Crippen LogP contribution is -2.44. The largest absolute Gasteiger partial charge is 0.355 e. The second-order valence-electron chi connectivity index (χ2n) is 8.08. The van der Waals surface area contributed by atoms with E-state index in [-0.39, 0.29) is 17.7 Å². The number of hydrogen-bond acceptors (Lipinski definition) is 3. The Kier molecular flexibility index (Phi) is 5.97. The number of aryl methyl sites for hydroxylation is 1. The number of carbonyl (C=O) groups is 2. The molecular weight excluding hydrogens is 326 g/mol. The number of rotatable bonds is 5. The zero-order valence-corrected chi connectivity index (χ0v) is 16.2. The van der Waals surface area contributed by atoms with E-state index in [1.54, 1.807) is 4.90 Å². The molecule has 2 saturated heterocycles. The lowest BCUT2D eigenvalue weighted by Gasteiger charge is -2.35. The van der Waals surface area contributed by atoms with Gasteiger partial charge in [0.1, 0.15) is 0 Å². The Hall–Kier alpha value is -1.88. The monoisotopic (exact) mass is 357 g/mol. The molecule has 2 amide bonds. The second-order valence-corrected chi connectivity index (χ2v) is 8.08. The number of anilines is 1. The summed E-state index contributed by atoms with van der Waals surface area (Å²) in [6.07, 6.45) is 2.67. The van der Waals surface area contributed by atoms with Gasteiger partial charge in [-0.3, -0.25) is 9.59 Å². The van der Waals surface area contributed by atoms with Crippen LogP contribution in [0.1, 0.15) is 38.7 Å². The summed E-state index contributed by atoms with van der Waals surface area (Å²) in [7, 11) is 0. The first-order valence-corrected chi connectivity index (χ1v) is 9.83. The van der Waals surface area contributed by atoms with Crippen molar-refractivity contribution in [2.75, 3.05) is 31.1 Å². The molecule has 5 nitrogen and oxygen atoms in total. The maximum Gasteiger partial charge on any atom is 0.227 e. The van der Waals surface area contributed by atoms with Crippen LogP contribution in [0.5, 0.6) is 0 Å². The van der Waals surface area contributed by atoms with Crippen LogP contribution in [0.2, 0.25) is 0 Å². The fourth-order valence-corrected chi connectivity index (χ4v) is 3.98. The molecule has 1 aromatic carbocycles. The first-order chi connectivity index (χ1) is 12.4. The zero-order chi connectivity index (χ0) is 18.7. The van der Waals surface area contributed by atoms with Gasteiger partial charge in [0.15, 0.2) is 0 Å². The van der Waals surface area contributed by atoms with Crippen molar-refractivity contribution in [2.24, 2.45) is 11.8 Å². The number of piperidine rings is 1. The van der Waals surface area contributed by atoms with E-state index in [1.807, 2.05) is 31.2 Å². The molecule has 0 unspecified atom stereocenters. The molecule has 2 atom stereocenters. The summed E-state index contributed by atoms with van der Waals surface area (Å²) in [5.41, 5.74) is 2.05. The number of nitrogens with one attached hydrogen (secondary N) is 1. The normalized spacial score (nSPS) is 24.3. The Morgan fingerprint density at radius 1 is 1.23 bits per heavy atom. The van der Waals surface area contributed by atoms with Gasteiger partial charge in [0.25, 0.3) is 0 Å². The van der Waals surface area contributed by atoms with Crippen molar-refractivity contribution >= 4 is 17.5 Å². The first kappa shape index (κ1) is 18.9. The van der Waals surface area contributed by atoms with Crippen LogP contribution in [0.25, 0.3) is 0 Å². The minimum absolute atomic E-state index is 0.0228. The van der Waals surface area contributed by atoms with Crippen molar-refractivity contribution in [1.29, 1.82) is 0 Å². The predicted octanol–water partition coefficient (Wildman–Crippen LogP) is 2.58. The summed E-state index contributed by atoms with van der Waals surface area (Å²) < 4.78 is 0. The first-order valence-electron chi connectivity index (χ1n) is 9.83. The summed E-state index contributed by atoms with van der Waals surface area (Å²) >= 11 is 0. The van der Waals surface area contributed by atoms with E-state index in [0.29, 0.717) is 24.9 Å². The van der Waals surface area contributed by atoms with Crippen molar-refractivity contribution in [3.63, 3.8) is 0 Å². The molecule has 2 aliphatic rings. The molecule has 0 radical (unpaired) electrons. The SMILES string of the molecule is Cc1ccc(N2C[C@H](C(=O)NC[C@H]3CCCN(C(C)C)C3)CC2=O)cc1. The molecule has 2 heterocycles. The smallest absolute Gasteiger partial charge is 0.227 e. The van der Waals surface area contributed by atoms with Gasteiger partial charge in [0.05, 0.1) is 5.92 Å². The van der Waals surface area contributed by atoms with Gasteiger partial charge in [-0.2, -0.15) is 0 Å². The van der Waals surface area contributed by atoms with Crippen molar-refractivity contribution in [3.05, 3.63) is 29.8 Å². The van der Waals surface area contributed by atoms with Gasteiger partial charge in [0, 0.05) is 37.8 Å². The topological polar surface area (TPSA) is 52.7 Å². The number of amides is 2. The average molecular weight is 357 g/mol. The Bertz CT molecular complexity index is 641. The molecule has 26 heavy (non-hydrogen) atoms. The summed E-state index contributed by atoms with van der Waals surface area (Å²) in [6.45, 7) is 9.89. The third-order valence-corrected chi connectivity index (χ3v) is 5.69. The maximum absolute atomic E-state index is 12.6. The predicted molar refractivity (Wildman–Crippen MR) is 104 cm³/mol. The van der Waals surface area contributed by atoms with Gasteiger partial charge in [-0.25, -0.2) is 0 Å². The fourth-order valence-electron chi connectivity index (χ4n) is 3.98. The van der Waals surface area contributed by atoms with Crippen molar-refractivity contribution in [3.8, 4) is 0 Å². The van der Waals surface area contributed by atoms with Crippen LogP contribution in [-0.2, 0) is 9.59 Å². The van der Waals surface area contributed by atoms with E-state index >= 15 is 0 Å². The second kappa shape index (κ2) is 8.21. The van der Waals surface area contributed by atoms with E-state index in [1.165, 1.54) is 12.8 Å². The molecule has 0 bridgehead atoms. The van der Waals surface area contributed by atoms with Crippen LogP contribution in [0.15, 0.2) is 24.3 Å². The molecule has 0 aromatic heterocycles. The minimum Gasteiger partial charge on any atom is -0.355 e. The summed E-state index contributed by atoms with van der Waals surface area (Å²) in [5.74, 6) is 0.335. The van der Waals surface area contributed by atoms with E-state index < -0.39 is 0 Å². The number of nitrogens with zero attached hydrogens (tertiary/aromatic N) is 2. The highest BCUT2D eigenvalue weighted by molar-refractivity contribution is 6.00. The number of carbonyl (C=O) groups excluding carboxylic acids is 2. The maximum atomic E-state index is 12.6. The van der Waals surface area contributed by atoms with E-state index in [9.17, 15) is 9.59 Å². The van der Waals surface area contributed by atoms with E-state index in [2.05, 4.69) is 24.1 Å². The Labute approximate surface area is 156 Å². The molecule has 2 fully saturated rings. The van der Waals surface area contributed by atoms with Crippen LogP contribution in [0.4, 0.5) is 5.69 Å². The van der Waals surface area contributed by atoms with Gasteiger partial charge in [0.2, 0.25) is 11.8 Å². The lowest BCUT2D eigenvalue weighted by molar-refractivity contribution is -0.126. The Morgan fingerprint density at radius 2 is 1.96 bits per heavy atom. The highest BCUT2D eigenvalue weighted by Crippen LogP contribution is 2.25. The molecule has 1 aromatic rings. The Morgan fingerprint density at radius 3 is 2.65 bits per heavy atom. The van der Waals surface area contributed by atoms with Gasteiger partial charge in [-0.1, -0.05) is 17.7 Å². The quantitative estimate of drug-likeness (QED) is 0.881. The Balaban J connectivity index is 1.51. The van der Waals surface area contributed by atoms with Gasteiger partial charge in [-0.05, 0) is 58.2 Å². The van der Waals surface area contributed by atoms with Crippen LogP contribution in [0, 0.1) is 18.8 Å².